The van der Waals surface area contributed by atoms with Gasteiger partial charge in [0.2, 0.25) is 0 Å². The van der Waals surface area contributed by atoms with Gasteiger partial charge >= 0.3 is 5.97 Å². The summed E-state index contributed by atoms with van der Waals surface area (Å²) in [6.45, 7) is 4.27. The highest BCUT2D eigenvalue weighted by molar-refractivity contribution is 6.30. The molecule has 0 amide bonds. The Hall–Kier alpha value is -3.77. The number of methoxy groups -OCH3 is 1. The molecule has 7 heteroatoms. The topological polar surface area (TPSA) is 73.6 Å². The summed E-state index contributed by atoms with van der Waals surface area (Å²) in [5, 5.41) is 14.7. The molecule has 0 bridgehead atoms. The molecule has 0 unspecified atom stereocenters. The summed E-state index contributed by atoms with van der Waals surface area (Å²) in [7, 11) is 1.65. The van der Waals surface area contributed by atoms with Crippen LogP contribution in [0.1, 0.15) is 30.9 Å². The van der Waals surface area contributed by atoms with E-state index in [4.69, 9.17) is 31.3 Å². The molecule has 0 aliphatic carbocycles. The molecule has 1 N–H and O–H groups in total. The molecular weight excluding hydrogens is 464 g/mol. The first kappa shape index (κ1) is 24.4. The van der Waals surface area contributed by atoms with Gasteiger partial charge < -0.3 is 14.6 Å². The maximum atomic E-state index is 11.2. The van der Waals surface area contributed by atoms with Gasteiger partial charge in [-0.3, -0.25) is 4.68 Å². The van der Waals surface area contributed by atoms with Crippen LogP contribution in [0.5, 0.6) is 11.5 Å². The number of hydrogen-bond acceptors (Lipinski definition) is 4. The van der Waals surface area contributed by atoms with Crippen molar-refractivity contribution >= 4 is 17.6 Å². The summed E-state index contributed by atoms with van der Waals surface area (Å²) in [5.74, 6) is 0.501. The summed E-state index contributed by atoms with van der Waals surface area (Å²) in [4.78, 5) is 11.2. The molecule has 0 saturated heterocycles. The van der Waals surface area contributed by atoms with Crippen LogP contribution in [0.25, 0.3) is 22.5 Å². The van der Waals surface area contributed by atoms with Crippen LogP contribution in [0.15, 0.2) is 72.8 Å². The van der Waals surface area contributed by atoms with E-state index in [1.54, 1.807) is 7.11 Å². The Morgan fingerprint density at radius 1 is 1.03 bits per heavy atom. The zero-order chi connectivity index (χ0) is 24.9. The number of benzene rings is 3. The number of carboxylic acid groups (broad SMARTS) is 1. The predicted octanol–water partition coefficient (Wildman–Crippen LogP) is 6.51. The van der Waals surface area contributed by atoms with E-state index in [1.807, 2.05) is 77.5 Å². The van der Waals surface area contributed by atoms with E-state index in [0.717, 1.165) is 33.7 Å². The molecule has 0 radical (unpaired) electrons. The lowest BCUT2D eigenvalue weighted by Crippen LogP contribution is -2.10. The molecule has 4 aromatic rings. The number of carboxylic acids is 1. The van der Waals surface area contributed by atoms with Gasteiger partial charge in [0.25, 0.3) is 0 Å². The maximum Gasteiger partial charge on any atom is 0.341 e. The second-order valence-corrected chi connectivity index (χ2v) is 8.92. The van der Waals surface area contributed by atoms with Crippen molar-refractivity contribution in [3.63, 3.8) is 0 Å². The first-order valence-corrected chi connectivity index (χ1v) is 11.7. The first-order chi connectivity index (χ1) is 16.9. The van der Waals surface area contributed by atoms with Crippen molar-refractivity contribution in [2.45, 2.75) is 26.3 Å². The lowest BCUT2D eigenvalue weighted by Gasteiger charge is -2.13. The zero-order valence-electron chi connectivity index (χ0n) is 19.9. The molecule has 1 heterocycles. The summed E-state index contributed by atoms with van der Waals surface area (Å²) < 4.78 is 13.1. The number of halogens is 1. The fraction of sp³-hybridized carbons (Fsp3) is 0.214. The van der Waals surface area contributed by atoms with Gasteiger partial charge in [0.1, 0.15) is 11.5 Å². The maximum absolute atomic E-state index is 11.2. The van der Waals surface area contributed by atoms with Crippen molar-refractivity contribution in [3.8, 4) is 34.0 Å². The smallest absolute Gasteiger partial charge is 0.341 e. The number of para-hydroxylation sites is 1. The van der Waals surface area contributed by atoms with E-state index >= 15 is 0 Å². The van der Waals surface area contributed by atoms with Crippen molar-refractivity contribution in [1.82, 2.24) is 9.78 Å². The van der Waals surface area contributed by atoms with Crippen LogP contribution in [0.3, 0.4) is 0 Å². The fourth-order valence-electron chi connectivity index (χ4n) is 3.89. The number of ether oxygens (including phenoxy) is 2. The standard InChI is InChI=1S/C28H27ClN2O4/c1-18(2)20-10-13-27(35-17-28(32)33)23(14-20)24-15-25(19-8-11-22(29)12-9-19)31(30-24)16-21-6-4-5-7-26(21)34-3/h4-15,18H,16-17H2,1-3H3,(H,32,33). The summed E-state index contributed by atoms with van der Waals surface area (Å²) in [5.41, 5.74) is 5.37. The number of carbonyl (C=O) groups is 1. The van der Waals surface area contributed by atoms with Crippen molar-refractivity contribution < 1.29 is 19.4 Å². The zero-order valence-corrected chi connectivity index (χ0v) is 20.6. The van der Waals surface area contributed by atoms with Crippen molar-refractivity contribution in [3.05, 3.63) is 88.9 Å². The number of hydrogen-bond donors (Lipinski definition) is 1. The van der Waals surface area contributed by atoms with Gasteiger partial charge in [0, 0.05) is 16.1 Å². The third-order valence-electron chi connectivity index (χ3n) is 5.73. The fourth-order valence-corrected chi connectivity index (χ4v) is 4.02. The normalized spacial score (nSPS) is 11.0. The Balaban J connectivity index is 1.85. The van der Waals surface area contributed by atoms with Gasteiger partial charge in [-0.05, 0) is 53.4 Å². The molecule has 4 rings (SSSR count). The molecule has 0 atom stereocenters. The molecule has 0 saturated carbocycles. The monoisotopic (exact) mass is 490 g/mol. The third-order valence-corrected chi connectivity index (χ3v) is 5.98. The van der Waals surface area contributed by atoms with Crippen LogP contribution in [0, 0.1) is 0 Å². The summed E-state index contributed by atoms with van der Waals surface area (Å²) in [6.07, 6.45) is 0. The van der Waals surface area contributed by atoms with Crippen LogP contribution >= 0.6 is 11.6 Å². The summed E-state index contributed by atoms with van der Waals surface area (Å²) >= 11 is 6.13. The predicted molar refractivity (Wildman–Crippen MR) is 137 cm³/mol. The van der Waals surface area contributed by atoms with Gasteiger partial charge in [-0.1, -0.05) is 61.8 Å². The van der Waals surface area contributed by atoms with Crippen LogP contribution in [0.4, 0.5) is 0 Å². The molecule has 180 valence electrons. The van der Waals surface area contributed by atoms with Gasteiger partial charge in [-0.15, -0.1) is 0 Å². The highest BCUT2D eigenvalue weighted by Gasteiger charge is 2.18. The van der Waals surface area contributed by atoms with Gasteiger partial charge in [0.15, 0.2) is 6.61 Å². The Morgan fingerprint density at radius 3 is 2.46 bits per heavy atom. The van der Waals surface area contributed by atoms with Crippen molar-refractivity contribution in [2.75, 3.05) is 13.7 Å². The molecule has 0 aliphatic heterocycles. The van der Waals surface area contributed by atoms with E-state index in [0.29, 0.717) is 23.0 Å². The molecule has 3 aromatic carbocycles. The molecule has 0 aliphatic rings. The minimum Gasteiger partial charge on any atom is -0.496 e. The molecule has 1 aromatic heterocycles. The third kappa shape index (κ3) is 5.66. The lowest BCUT2D eigenvalue weighted by atomic mass is 9.98. The lowest BCUT2D eigenvalue weighted by molar-refractivity contribution is -0.139. The highest BCUT2D eigenvalue weighted by atomic mass is 35.5. The Kier molecular flexibility index (Phi) is 7.42. The van der Waals surface area contributed by atoms with Gasteiger partial charge in [-0.2, -0.15) is 5.10 Å². The highest BCUT2D eigenvalue weighted by Crippen LogP contribution is 2.35. The average molecular weight is 491 g/mol. The quantitative estimate of drug-likeness (QED) is 0.289. The van der Waals surface area contributed by atoms with E-state index in [2.05, 4.69) is 13.8 Å². The minimum atomic E-state index is -1.03. The second kappa shape index (κ2) is 10.7. The number of aromatic nitrogens is 2. The first-order valence-electron chi connectivity index (χ1n) is 11.3. The largest absolute Gasteiger partial charge is 0.496 e. The van der Waals surface area contributed by atoms with Crippen LogP contribution in [-0.2, 0) is 11.3 Å². The Bertz CT molecular complexity index is 1330. The van der Waals surface area contributed by atoms with E-state index in [9.17, 15) is 4.79 Å². The van der Waals surface area contributed by atoms with Crippen molar-refractivity contribution in [1.29, 1.82) is 0 Å². The minimum absolute atomic E-state index is 0.286. The Morgan fingerprint density at radius 2 is 1.77 bits per heavy atom. The molecular formula is C28H27ClN2O4. The second-order valence-electron chi connectivity index (χ2n) is 8.48. The summed E-state index contributed by atoms with van der Waals surface area (Å²) in [6, 6.07) is 23.2. The molecule has 6 nitrogen and oxygen atoms in total. The molecule has 35 heavy (non-hydrogen) atoms. The molecule has 0 fully saturated rings. The Labute approximate surface area is 209 Å². The van der Waals surface area contributed by atoms with E-state index in [-0.39, 0.29) is 5.92 Å². The van der Waals surface area contributed by atoms with Crippen LogP contribution in [-0.4, -0.2) is 34.6 Å². The van der Waals surface area contributed by atoms with E-state index in [1.165, 1.54) is 0 Å². The van der Waals surface area contributed by atoms with Gasteiger partial charge in [-0.25, -0.2) is 4.79 Å². The van der Waals surface area contributed by atoms with Crippen LogP contribution in [0.2, 0.25) is 5.02 Å². The number of nitrogens with zero attached hydrogens (tertiary/aromatic N) is 2. The number of aliphatic carboxylic acids is 1. The molecule has 0 spiro atoms. The average Bonchev–Trinajstić information content (AvgIpc) is 3.26. The SMILES string of the molecule is COc1ccccc1Cn1nc(-c2cc(C(C)C)ccc2OCC(=O)O)cc1-c1ccc(Cl)cc1. The number of rotatable bonds is 9. The van der Waals surface area contributed by atoms with Gasteiger partial charge in [0.05, 0.1) is 25.0 Å². The van der Waals surface area contributed by atoms with Crippen LogP contribution < -0.4 is 9.47 Å². The van der Waals surface area contributed by atoms with Crippen molar-refractivity contribution in [2.24, 2.45) is 0 Å². The van der Waals surface area contributed by atoms with E-state index < -0.39 is 12.6 Å².